The van der Waals surface area contributed by atoms with Crippen molar-refractivity contribution < 1.29 is 23.9 Å². The molecule has 1 saturated carbocycles. The summed E-state index contributed by atoms with van der Waals surface area (Å²) < 4.78 is 10.3. The van der Waals surface area contributed by atoms with Gasteiger partial charge in [0.15, 0.2) is 5.69 Å². The zero-order valence-electron chi connectivity index (χ0n) is 21.9. The molecule has 0 spiro atoms. The molecule has 198 valence electrons. The summed E-state index contributed by atoms with van der Waals surface area (Å²) in [7, 11) is 1.36. The second-order valence-corrected chi connectivity index (χ2v) is 9.97. The molecule has 0 saturated heterocycles. The van der Waals surface area contributed by atoms with Gasteiger partial charge in [0.1, 0.15) is 0 Å². The maximum Gasteiger partial charge on any atom is 0.359 e. The molecule has 1 aromatic heterocycles. The highest BCUT2D eigenvalue weighted by atomic mass is 16.5. The molecule has 1 unspecified atom stereocenters. The van der Waals surface area contributed by atoms with E-state index in [9.17, 15) is 14.4 Å². The third-order valence-corrected chi connectivity index (χ3v) is 7.39. The monoisotopic (exact) mass is 515 g/mol. The molecule has 1 N–H and O–H groups in total. The van der Waals surface area contributed by atoms with Gasteiger partial charge in [-0.2, -0.15) is 5.10 Å². The second-order valence-electron chi connectivity index (χ2n) is 9.97. The summed E-state index contributed by atoms with van der Waals surface area (Å²) >= 11 is 0. The first-order valence-corrected chi connectivity index (χ1v) is 13.4. The Labute approximate surface area is 222 Å². The van der Waals surface area contributed by atoms with Crippen molar-refractivity contribution >= 4 is 17.8 Å². The Bertz CT molecular complexity index is 1330. The number of H-pyrrole nitrogens is 1. The number of nitrogens with one attached hydrogen (secondary N) is 1. The van der Waals surface area contributed by atoms with E-state index in [0.717, 1.165) is 60.9 Å². The number of hydrogen-bond acceptors (Lipinski definition) is 6. The lowest BCUT2D eigenvalue weighted by atomic mass is 9.89. The van der Waals surface area contributed by atoms with Gasteiger partial charge in [0.05, 0.1) is 19.3 Å². The maximum atomic E-state index is 13.8. The third-order valence-electron chi connectivity index (χ3n) is 7.39. The quantitative estimate of drug-likeness (QED) is 0.319. The second kappa shape index (κ2) is 11.2. The number of amides is 1. The fourth-order valence-corrected chi connectivity index (χ4v) is 5.21. The van der Waals surface area contributed by atoms with Gasteiger partial charge in [0, 0.05) is 28.9 Å². The van der Waals surface area contributed by atoms with Crippen molar-refractivity contribution in [2.45, 2.75) is 64.0 Å². The minimum absolute atomic E-state index is 0.00989. The molecule has 5 rings (SSSR count). The number of hydrogen-bond donors (Lipinski definition) is 1. The van der Waals surface area contributed by atoms with E-state index in [1.165, 1.54) is 7.11 Å². The van der Waals surface area contributed by atoms with E-state index in [2.05, 4.69) is 10.2 Å². The number of nitrogens with zero attached hydrogens (tertiary/aromatic N) is 2. The van der Waals surface area contributed by atoms with Gasteiger partial charge in [-0.15, -0.1) is 0 Å². The number of aryl methyl sites for hydroxylation is 1. The van der Waals surface area contributed by atoms with Crippen LogP contribution in [0, 0.1) is 0 Å². The van der Waals surface area contributed by atoms with Crippen molar-refractivity contribution in [2.24, 2.45) is 0 Å². The Hall–Kier alpha value is -3.94. The number of methoxy groups -OCH3 is 1. The van der Waals surface area contributed by atoms with E-state index in [-0.39, 0.29) is 18.0 Å². The minimum atomic E-state index is -0.399. The van der Waals surface area contributed by atoms with Crippen LogP contribution in [0.25, 0.3) is 11.1 Å². The Morgan fingerprint density at radius 1 is 1.00 bits per heavy atom. The molecule has 2 aliphatic rings. The maximum absolute atomic E-state index is 13.8. The highest BCUT2D eigenvalue weighted by molar-refractivity contribution is 5.98. The van der Waals surface area contributed by atoms with Gasteiger partial charge >= 0.3 is 11.9 Å². The molecule has 2 aliphatic carbocycles. The predicted molar refractivity (Wildman–Crippen MR) is 142 cm³/mol. The van der Waals surface area contributed by atoms with Crippen molar-refractivity contribution in [2.75, 3.05) is 13.7 Å². The molecule has 0 bridgehead atoms. The van der Waals surface area contributed by atoms with Gasteiger partial charge in [0.25, 0.3) is 5.91 Å². The Morgan fingerprint density at radius 3 is 2.47 bits per heavy atom. The summed E-state index contributed by atoms with van der Waals surface area (Å²) in [6.45, 7) is 2.43. The van der Waals surface area contributed by atoms with Crippen LogP contribution in [0.3, 0.4) is 0 Å². The highest BCUT2D eigenvalue weighted by Crippen LogP contribution is 2.36. The molecule has 1 amide bonds. The first-order chi connectivity index (χ1) is 18.5. The van der Waals surface area contributed by atoms with E-state index in [1.807, 2.05) is 48.2 Å². The minimum Gasteiger partial charge on any atom is -0.465 e. The Balaban J connectivity index is 1.35. The topological polar surface area (TPSA) is 102 Å². The van der Waals surface area contributed by atoms with Gasteiger partial charge in [0.2, 0.25) is 0 Å². The van der Waals surface area contributed by atoms with Crippen LogP contribution in [0.15, 0.2) is 48.5 Å². The van der Waals surface area contributed by atoms with Crippen molar-refractivity contribution in [3.63, 3.8) is 0 Å². The molecule has 1 atom stereocenters. The lowest BCUT2D eigenvalue weighted by molar-refractivity contribution is 0.0490. The molecule has 3 aromatic rings. The molecule has 1 fully saturated rings. The van der Waals surface area contributed by atoms with Crippen LogP contribution in [-0.2, 0) is 22.3 Å². The summed E-state index contributed by atoms with van der Waals surface area (Å²) in [6, 6.07) is 14.9. The molecule has 1 heterocycles. The fraction of sp³-hybridized carbons (Fsp3) is 0.400. The van der Waals surface area contributed by atoms with Crippen LogP contribution in [-0.4, -0.2) is 58.7 Å². The number of aromatic amines is 1. The highest BCUT2D eigenvalue weighted by Gasteiger charge is 2.40. The molecular formula is C30H33N3O5. The van der Waals surface area contributed by atoms with Crippen molar-refractivity contribution in [1.29, 1.82) is 0 Å². The van der Waals surface area contributed by atoms with Crippen molar-refractivity contribution in [3.05, 3.63) is 76.6 Å². The number of unbranched alkanes of at least 4 members (excludes halogenated alkanes) is 1. The average molecular weight is 516 g/mol. The smallest absolute Gasteiger partial charge is 0.359 e. The van der Waals surface area contributed by atoms with Gasteiger partial charge in [-0.05, 0) is 67.9 Å². The molecule has 38 heavy (non-hydrogen) atoms. The molecule has 2 aromatic carbocycles. The molecule has 0 aliphatic heterocycles. The number of carbonyl (C=O) groups excluding carboxylic acids is 3. The number of ether oxygens (including phenoxy) is 2. The SMILES string of the molecule is CCCCOC(=O)c1n[nH]c2c1CC(N(C(=O)c1ccc(-c3ccccc3C(=O)OC)cc1)C1CC1)CC2. The van der Waals surface area contributed by atoms with Crippen LogP contribution in [0.2, 0.25) is 0 Å². The summed E-state index contributed by atoms with van der Waals surface area (Å²) in [5.41, 5.74) is 4.86. The molecule has 8 heteroatoms. The van der Waals surface area contributed by atoms with Crippen LogP contribution in [0.5, 0.6) is 0 Å². The Kier molecular flexibility index (Phi) is 7.58. The average Bonchev–Trinajstić information content (AvgIpc) is 3.70. The standard InChI is InChI=1S/C30H33N3O5/c1-3-4-17-38-30(36)27-25-18-22(15-16-26(25)31-32-27)33(21-13-14-21)28(34)20-11-9-19(10-12-20)23-7-5-6-8-24(23)29(35)37-2/h5-12,21-22H,3-4,13-18H2,1-2H3,(H,31,32). The fourth-order valence-electron chi connectivity index (χ4n) is 5.21. The number of esters is 2. The number of benzene rings is 2. The lowest BCUT2D eigenvalue weighted by Gasteiger charge is -2.34. The summed E-state index contributed by atoms with van der Waals surface area (Å²) in [4.78, 5) is 40.6. The normalized spacial score (nSPS) is 16.4. The predicted octanol–water partition coefficient (Wildman–Crippen LogP) is 4.98. The lowest BCUT2D eigenvalue weighted by Crippen LogP contribution is -2.45. The zero-order chi connectivity index (χ0) is 26.6. The van der Waals surface area contributed by atoms with E-state index in [0.29, 0.717) is 29.8 Å². The van der Waals surface area contributed by atoms with Gasteiger partial charge in [-0.1, -0.05) is 43.7 Å². The number of aromatic nitrogens is 2. The van der Waals surface area contributed by atoms with Gasteiger partial charge in [-0.25, -0.2) is 9.59 Å². The number of carbonyl (C=O) groups is 3. The van der Waals surface area contributed by atoms with Gasteiger partial charge in [-0.3, -0.25) is 9.89 Å². The summed E-state index contributed by atoms with van der Waals surface area (Å²) in [6.07, 6.45) is 5.86. The first-order valence-electron chi connectivity index (χ1n) is 13.4. The van der Waals surface area contributed by atoms with E-state index in [4.69, 9.17) is 9.47 Å². The van der Waals surface area contributed by atoms with E-state index >= 15 is 0 Å². The van der Waals surface area contributed by atoms with E-state index < -0.39 is 11.9 Å². The van der Waals surface area contributed by atoms with Crippen LogP contribution < -0.4 is 0 Å². The van der Waals surface area contributed by atoms with Crippen LogP contribution in [0.1, 0.15) is 81.5 Å². The Morgan fingerprint density at radius 2 is 1.76 bits per heavy atom. The molecular weight excluding hydrogens is 482 g/mol. The van der Waals surface area contributed by atoms with Crippen LogP contribution in [0.4, 0.5) is 0 Å². The van der Waals surface area contributed by atoms with Crippen LogP contribution >= 0.6 is 0 Å². The van der Waals surface area contributed by atoms with Crippen molar-refractivity contribution in [3.8, 4) is 11.1 Å². The first kappa shape index (κ1) is 25.7. The van der Waals surface area contributed by atoms with E-state index in [1.54, 1.807) is 12.1 Å². The largest absolute Gasteiger partial charge is 0.465 e. The molecule has 8 nitrogen and oxygen atoms in total. The molecule has 0 radical (unpaired) electrons. The zero-order valence-corrected chi connectivity index (χ0v) is 21.9. The summed E-state index contributed by atoms with van der Waals surface area (Å²) in [5, 5.41) is 7.28. The van der Waals surface area contributed by atoms with Gasteiger partial charge < -0.3 is 14.4 Å². The number of fused-ring (bicyclic) bond motifs is 1. The third kappa shape index (κ3) is 5.21. The summed E-state index contributed by atoms with van der Waals surface area (Å²) in [5.74, 6) is -0.807. The van der Waals surface area contributed by atoms with Crippen molar-refractivity contribution in [1.82, 2.24) is 15.1 Å². The number of rotatable bonds is 9.